The van der Waals surface area contributed by atoms with Crippen molar-refractivity contribution in [2.45, 2.75) is 13.3 Å². The molecule has 0 spiro atoms. The first kappa shape index (κ1) is 20.3. The Morgan fingerprint density at radius 3 is 2.71 bits per heavy atom. The van der Waals surface area contributed by atoms with Crippen LogP contribution in [0.1, 0.15) is 28.5 Å². The summed E-state index contributed by atoms with van der Waals surface area (Å²) in [6, 6.07) is 8.02. The minimum absolute atomic E-state index is 0.0882. The van der Waals surface area contributed by atoms with E-state index in [0.29, 0.717) is 46.0 Å². The molecular formula is C22H20N2O7. The molecule has 160 valence electrons. The summed E-state index contributed by atoms with van der Waals surface area (Å²) in [6.07, 6.45) is -0.357. The minimum atomic E-state index is -1.07. The lowest BCUT2D eigenvalue weighted by Crippen LogP contribution is -2.25. The molecule has 0 fully saturated rings. The third kappa shape index (κ3) is 3.77. The van der Waals surface area contributed by atoms with Crippen LogP contribution in [0, 0.1) is 0 Å². The zero-order valence-electron chi connectivity index (χ0n) is 16.9. The normalized spacial score (nSPS) is 12.6. The van der Waals surface area contributed by atoms with Crippen LogP contribution in [0.15, 0.2) is 30.3 Å². The Balaban J connectivity index is 1.84. The monoisotopic (exact) mass is 424 g/mol. The average molecular weight is 424 g/mol. The van der Waals surface area contributed by atoms with E-state index in [1.165, 1.54) is 13.2 Å². The van der Waals surface area contributed by atoms with E-state index < -0.39 is 11.8 Å². The second kappa shape index (κ2) is 8.02. The Morgan fingerprint density at radius 1 is 1.19 bits per heavy atom. The molecule has 0 atom stereocenters. The number of carboxylic acid groups (broad SMARTS) is 1. The smallest absolute Gasteiger partial charge is 0.307 e. The first-order valence-corrected chi connectivity index (χ1v) is 9.59. The molecular weight excluding hydrogens is 404 g/mol. The van der Waals surface area contributed by atoms with E-state index in [1.54, 1.807) is 24.3 Å². The van der Waals surface area contributed by atoms with E-state index in [1.807, 2.05) is 6.92 Å². The van der Waals surface area contributed by atoms with Crippen molar-refractivity contribution in [1.29, 1.82) is 0 Å². The molecule has 2 aromatic carbocycles. The van der Waals surface area contributed by atoms with Crippen LogP contribution >= 0.6 is 0 Å². The zero-order valence-corrected chi connectivity index (χ0v) is 16.9. The molecule has 0 unspecified atom stereocenters. The van der Waals surface area contributed by atoms with Crippen molar-refractivity contribution >= 4 is 34.3 Å². The number of hydrogen-bond acceptors (Lipinski definition) is 6. The third-order valence-corrected chi connectivity index (χ3v) is 4.92. The molecule has 0 aliphatic carbocycles. The number of aliphatic carboxylic acids is 1. The predicted molar refractivity (Wildman–Crippen MR) is 111 cm³/mol. The number of methoxy groups -OCH3 is 1. The van der Waals surface area contributed by atoms with Gasteiger partial charge in [-0.1, -0.05) is 0 Å². The van der Waals surface area contributed by atoms with Gasteiger partial charge in [-0.3, -0.25) is 14.4 Å². The molecule has 1 aliphatic rings. The Morgan fingerprint density at radius 2 is 2.00 bits per heavy atom. The first-order valence-electron chi connectivity index (χ1n) is 9.59. The molecule has 1 aromatic heterocycles. The van der Waals surface area contributed by atoms with Gasteiger partial charge in [0, 0.05) is 22.6 Å². The fraction of sp³-hybridized carbons (Fsp3) is 0.227. The molecule has 1 aliphatic heterocycles. The largest absolute Gasteiger partial charge is 0.493 e. The van der Waals surface area contributed by atoms with Crippen LogP contribution in [0.2, 0.25) is 0 Å². The number of aromatic nitrogens is 1. The lowest BCUT2D eigenvalue weighted by Gasteiger charge is -2.18. The fourth-order valence-corrected chi connectivity index (χ4v) is 3.58. The van der Waals surface area contributed by atoms with Gasteiger partial charge < -0.3 is 29.6 Å². The fourth-order valence-electron chi connectivity index (χ4n) is 3.58. The van der Waals surface area contributed by atoms with E-state index in [9.17, 15) is 19.5 Å². The number of benzene rings is 2. The van der Waals surface area contributed by atoms with Gasteiger partial charge in [-0.05, 0) is 31.2 Å². The number of carbonyl (C=O) groups excluding carboxylic acids is 2. The van der Waals surface area contributed by atoms with Crippen molar-refractivity contribution in [3.05, 3.63) is 47.2 Å². The van der Waals surface area contributed by atoms with Crippen LogP contribution in [0.4, 0.5) is 5.69 Å². The molecule has 9 nitrogen and oxygen atoms in total. The quantitative estimate of drug-likeness (QED) is 0.498. The number of fused-ring (bicyclic) bond motifs is 2. The van der Waals surface area contributed by atoms with Gasteiger partial charge in [-0.15, -0.1) is 0 Å². The van der Waals surface area contributed by atoms with Crippen LogP contribution in [0.25, 0.3) is 10.9 Å². The van der Waals surface area contributed by atoms with Gasteiger partial charge in [-0.2, -0.15) is 0 Å². The Kier molecular flexibility index (Phi) is 5.24. The van der Waals surface area contributed by atoms with Crippen LogP contribution < -0.4 is 19.5 Å². The van der Waals surface area contributed by atoms with Crippen LogP contribution in [-0.2, 0) is 16.0 Å². The van der Waals surface area contributed by atoms with Crippen LogP contribution in [0.5, 0.6) is 17.2 Å². The first-order chi connectivity index (χ1) is 14.9. The van der Waals surface area contributed by atoms with Crippen molar-refractivity contribution in [2.75, 3.05) is 25.6 Å². The van der Waals surface area contributed by atoms with Crippen molar-refractivity contribution in [1.82, 2.24) is 4.98 Å². The molecule has 0 radical (unpaired) electrons. The molecule has 4 rings (SSSR count). The standard InChI is InChI=1S/C22H20N2O7/c1-3-30-18-7-12-13(8-20(26)27)21(24-14(12)9-17(18)29-2)22(28)11-4-5-16-15(6-11)23-19(25)10-31-16/h4-7,9,24H,3,8,10H2,1-2H3,(H,23,25)(H,26,27). The summed E-state index contributed by atoms with van der Waals surface area (Å²) in [6.45, 7) is 2.14. The highest BCUT2D eigenvalue weighted by Crippen LogP contribution is 2.36. The summed E-state index contributed by atoms with van der Waals surface area (Å²) in [7, 11) is 1.50. The van der Waals surface area contributed by atoms with E-state index in [2.05, 4.69) is 10.3 Å². The Hall–Kier alpha value is -4.01. The topological polar surface area (TPSA) is 127 Å². The van der Waals surface area contributed by atoms with Crippen LogP contribution in [-0.4, -0.2) is 48.1 Å². The maximum Gasteiger partial charge on any atom is 0.307 e. The summed E-state index contributed by atoms with van der Waals surface area (Å²) in [5.41, 5.74) is 1.71. The molecule has 0 saturated carbocycles. The number of ketones is 1. The number of amides is 1. The highest BCUT2D eigenvalue weighted by Gasteiger charge is 2.24. The summed E-state index contributed by atoms with van der Waals surface area (Å²) in [5, 5.41) is 12.7. The molecule has 0 saturated heterocycles. The molecule has 0 bridgehead atoms. The molecule has 2 heterocycles. The molecule has 1 amide bonds. The molecule has 9 heteroatoms. The van der Waals surface area contributed by atoms with Crippen molar-refractivity contribution in [2.24, 2.45) is 0 Å². The van der Waals surface area contributed by atoms with Gasteiger partial charge in [0.05, 0.1) is 37.0 Å². The Labute approximate surface area is 176 Å². The number of H-pyrrole nitrogens is 1. The lowest BCUT2D eigenvalue weighted by molar-refractivity contribution is -0.136. The van der Waals surface area contributed by atoms with Gasteiger partial charge in [0.2, 0.25) is 5.78 Å². The zero-order chi connectivity index (χ0) is 22.1. The van der Waals surface area contributed by atoms with E-state index >= 15 is 0 Å². The predicted octanol–water partition coefficient (Wildman–Crippen LogP) is 2.76. The maximum absolute atomic E-state index is 13.3. The van der Waals surface area contributed by atoms with Crippen molar-refractivity contribution < 1.29 is 33.7 Å². The summed E-state index contributed by atoms with van der Waals surface area (Å²) in [5.74, 6) is -0.419. The van der Waals surface area contributed by atoms with Crippen LogP contribution in [0.3, 0.4) is 0 Å². The minimum Gasteiger partial charge on any atom is -0.493 e. The summed E-state index contributed by atoms with van der Waals surface area (Å²) in [4.78, 5) is 39.5. The third-order valence-electron chi connectivity index (χ3n) is 4.92. The molecule has 3 aromatic rings. The van der Waals surface area contributed by atoms with Gasteiger partial charge >= 0.3 is 5.97 Å². The maximum atomic E-state index is 13.3. The van der Waals surface area contributed by atoms with E-state index in [0.717, 1.165) is 0 Å². The highest BCUT2D eigenvalue weighted by molar-refractivity contribution is 6.13. The number of anilines is 1. The second-order valence-electron chi connectivity index (χ2n) is 6.91. The van der Waals surface area contributed by atoms with Gasteiger partial charge in [0.15, 0.2) is 18.1 Å². The van der Waals surface area contributed by atoms with E-state index in [4.69, 9.17) is 14.2 Å². The van der Waals surface area contributed by atoms with E-state index in [-0.39, 0.29) is 30.2 Å². The Bertz CT molecular complexity index is 1210. The second-order valence-corrected chi connectivity index (χ2v) is 6.91. The SMILES string of the molecule is CCOc1cc2c(CC(=O)O)c(C(=O)c3ccc4c(c3)NC(=O)CO4)[nH]c2cc1OC. The van der Waals surface area contributed by atoms with Gasteiger partial charge in [-0.25, -0.2) is 0 Å². The van der Waals surface area contributed by atoms with Gasteiger partial charge in [0.1, 0.15) is 5.75 Å². The van der Waals surface area contributed by atoms with Crippen molar-refractivity contribution in [3.63, 3.8) is 0 Å². The number of ether oxygens (including phenoxy) is 3. The average Bonchev–Trinajstić information content (AvgIpc) is 3.09. The molecule has 3 N–H and O–H groups in total. The summed E-state index contributed by atoms with van der Waals surface area (Å²) >= 11 is 0. The number of carbonyl (C=O) groups is 3. The lowest BCUT2D eigenvalue weighted by atomic mass is 10.0. The number of rotatable bonds is 7. The molecule has 31 heavy (non-hydrogen) atoms. The number of nitrogens with one attached hydrogen (secondary N) is 2. The number of carboxylic acids is 1. The van der Waals surface area contributed by atoms with Gasteiger partial charge in [0.25, 0.3) is 5.91 Å². The number of aromatic amines is 1. The summed E-state index contributed by atoms with van der Waals surface area (Å²) < 4.78 is 16.3. The number of hydrogen-bond donors (Lipinski definition) is 3. The van der Waals surface area contributed by atoms with Crippen molar-refractivity contribution in [3.8, 4) is 17.2 Å². The highest BCUT2D eigenvalue weighted by atomic mass is 16.5.